The van der Waals surface area contributed by atoms with Crippen molar-refractivity contribution >= 4 is 6.03 Å². The fourth-order valence-electron chi connectivity index (χ4n) is 3.15. The van der Waals surface area contributed by atoms with Crippen LogP contribution in [0, 0.1) is 5.92 Å². The molecule has 0 spiro atoms. The van der Waals surface area contributed by atoms with E-state index in [0.717, 1.165) is 25.7 Å². The molecule has 1 aromatic rings. The lowest BCUT2D eigenvalue weighted by molar-refractivity contribution is 0.117. The number of carbonyl (C=O) groups excluding carboxylic acids is 1. The van der Waals surface area contributed by atoms with Gasteiger partial charge in [-0.15, -0.1) is 0 Å². The third-order valence-corrected chi connectivity index (χ3v) is 4.57. The van der Waals surface area contributed by atoms with E-state index in [1.54, 1.807) is 0 Å². The number of amides is 2. The van der Waals surface area contributed by atoms with Crippen molar-refractivity contribution in [1.29, 1.82) is 0 Å². The molecule has 2 amide bonds. The van der Waals surface area contributed by atoms with Gasteiger partial charge in [-0.1, -0.05) is 30.3 Å². The monoisotopic (exact) mass is 288 g/mol. The Balaban J connectivity index is 1.55. The molecule has 2 fully saturated rings. The van der Waals surface area contributed by atoms with Gasteiger partial charge in [-0.3, -0.25) is 0 Å². The van der Waals surface area contributed by atoms with Gasteiger partial charge in [0, 0.05) is 6.04 Å². The van der Waals surface area contributed by atoms with Crippen LogP contribution in [0.3, 0.4) is 0 Å². The number of nitrogens with one attached hydrogen (secondary N) is 2. The van der Waals surface area contributed by atoms with Crippen molar-refractivity contribution in [3.63, 3.8) is 0 Å². The molecule has 0 bridgehead atoms. The second kappa shape index (κ2) is 6.48. The Morgan fingerprint density at radius 2 is 1.71 bits per heavy atom. The summed E-state index contributed by atoms with van der Waals surface area (Å²) in [5.41, 5.74) is 1.19. The van der Waals surface area contributed by atoms with E-state index in [4.69, 9.17) is 0 Å². The van der Waals surface area contributed by atoms with E-state index in [1.165, 1.54) is 18.4 Å². The highest BCUT2D eigenvalue weighted by molar-refractivity contribution is 5.75. The second-order valence-electron chi connectivity index (χ2n) is 6.35. The second-order valence-corrected chi connectivity index (χ2v) is 6.35. The third kappa shape index (κ3) is 3.97. The van der Waals surface area contributed by atoms with Gasteiger partial charge in [0.2, 0.25) is 0 Å². The first kappa shape index (κ1) is 14.4. The van der Waals surface area contributed by atoms with Crippen molar-refractivity contribution in [1.82, 2.24) is 10.6 Å². The van der Waals surface area contributed by atoms with Crippen molar-refractivity contribution in [2.45, 2.75) is 56.7 Å². The first-order valence-corrected chi connectivity index (χ1v) is 8.02. The van der Waals surface area contributed by atoms with Crippen molar-refractivity contribution in [2.24, 2.45) is 5.92 Å². The Morgan fingerprint density at radius 3 is 2.33 bits per heavy atom. The Bertz CT molecular complexity index is 465. The summed E-state index contributed by atoms with van der Waals surface area (Å²) >= 11 is 0. The largest absolute Gasteiger partial charge is 0.393 e. The van der Waals surface area contributed by atoms with Gasteiger partial charge in [0.05, 0.1) is 12.1 Å². The third-order valence-electron chi connectivity index (χ3n) is 4.57. The average molecular weight is 288 g/mol. The SMILES string of the molecule is O=C(NC1CCC(O)CC1)N[C@@H](c1ccccc1)C1CC1. The summed E-state index contributed by atoms with van der Waals surface area (Å²) in [6.07, 6.45) is 5.51. The molecule has 0 aromatic heterocycles. The summed E-state index contributed by atoms with van der Waals surface area (Å²) in [6, 6.07) is 10.5. The van der Waals surface area contributed by atoms with Gasteiger partial charge in [-0.2, -0.15) is 0 Å². The molecule has 3 N–H and O–H groups in total. The normalized spacial score (nSPS) is 26.9. The van der Waals surface area contributed by atoms with Crippen LogP contribution in [0.4, 0.5) is 4.79 Å². The molecule has 0 heterocycles. The minimum absolute atomic E-state index is 0.0721. The Labute approximate surface area is 125 Å². The van der Waals surface area contributed by atoms with E-state index in [9.17, 15) is 9.90 Å². The van der Waals surface area contributed by atoms with Crippen LogP contribution in [-0.2, 0) is 0 Å². The van der Waals surface area contributed by atoms with E-state index in [1.807, 2.05) is 18.2 Å². The zero-order valence-corrected chi connectivity index (χ0v) is 12.3. The van der Waals surface area contributed by atoms with Crippen LogP contribution < -0.4 is 10.6 Å². The maximum atomic E-state index is 12.2. The molecule has 4 nitrogen and oxygen atoms in total. The molecule has 3 rings (SSSR count). The average Bonchev–Trinajstić information content (AvgIpc) is 3.33. The number of urea groups is 1. The number of hydrogen-bond acceptors (Lipinski definition) is 2. The lowest BCUT2D eigenvalue weighted by atomic mass is 9.93. The van der Waals surface area contributed by atoms with Crippen molar-refractivity contribution < 1.29 is 9.90 Å². The van der Waals surface area contributed by atoms with Gasteiger partial charge in [-0.25, -0.2) is 4.79 Å². The molecule has 21 heavy (non-hydrogen) atoms. The predicted octanol–water partition coefficient (Wildman–Crippen LogP) is 2.74. The Kier molecular flexibility index (Phi) is 4.44. The molecule has 0 saturated heterocycles. The molecule has 0 unspecified atom stereocenters. The highest BCUT2D eigenvalue weighted by Gasteiger charge is 2.33. The zero-order valence-electron chi connectivity index (χ0n) is 12.3. The molecule has 0 radical (unpaired) electrons. The van der Waals surface area contributed by atoms with Crippen LogP contribution in [0.5, 0.6) is 0 Å². The summed E-state index contributed by atoms with van der Waals surface area (Å²) in [7, 11) is 0. The zero-order chi connectivity index (χ0) is 14.7. The Hall–Kier alpha value is -1.55. The van der Waals surface area contributed by atoms with Crippen LogP contribution >= 0.6 is 0 Å². The molecule has 2 aliphatic carbocycles. The molecule has 114 valence electrons. The number of rotatable bonds is 4. The van der Waals surface area contributed by atoms with E-state index in [0.29, 0.717) is 5.92 Å². The summed E-state index contributed by atoms with van der Waals surface area (Å²) in [5.74, 6) is 0.575. The quantitative estimate of drug-likeness (QED) is 0.798. The van der Waals surface area contributed by atoms with Crippen LogP contribution in [0.1, 0.15) is 50.1 Å². The van der Waals surface area contributed by atoms with Crippen molar-refractivity contribution in [3.8, 4) is 0 Å². The first-order chi connectivity index (χ1) is 10.2. The topological polar surface area (TPSA) is 61.4 Å². The highest BCUT2D eigenvalue weighted by Crippen LogP contribution is 2.40. The molecule has 2 aliphatic rings. The van der Waals surface area contributed by atoms with Crippen LogP contribution in [0.15, 0.2) is 30.3 Å². The summed E-state index contributed by atoms with van der Waals surface area (Å²) in [6.45, 7) is 0. The van der Waals surface area contributed by atoms with E-state index < -0.39 is 0 Å². The molecular formula is C17H24N2O2. The van der Waals surface area contributed by atoms with Crippen molar-refractivity contribution in [3.05, 3.63) is 35.9 Å². The standard InChI is InChI=1S/C17H24N2O2/c20-15-10-8-14(9-11-15)18-17(21)19-16(13-6-7-13)12-4-2-1-3-5-12/h1-5,13-16,20H,6-11H2,(H2,18,19,21)/t14?,15?,16-/m0/s1. The number of hydrogen-bond donors (Lipinski definition) is 3. The molecule has 2 saturated carbocycles. The predicted molar refractivity (Wildman–Crippen MR) is 81.8 cm³/mol. The maximum Gasteiger partial charge on any atom is 0.315 e. The minimum atomic E-state index is -0.186. The number of aliphatic hydroxyl groups is 1. The summed E-state index contributed by atoms with van der Waals surface area (Å²) in [4.78, 5) is 12.2. The molecule has 1 aromatic carbocycles. The van der Waals surface area contributed by atoms with Crippen LogP contribution in [0.25, 0.3) is 0 Å². The van der Waals surface area contributed by atoms with E-state index >= 15 is 0 Å². The number of carbonyl (C=O) groups is 1. The Morgan fingerprint density at radius 1 is 1.05 bits per heavy atom. The molecule has 4 heteroatoms. The summed E-state index contributed by atoms with van der Waals surface area (Å²) < 4.78 is 0. The van der Waals surface area contributed by atoms with E-state index in [-0.39, 0.29) is 24.2 Å². The lowest BCUT2D eigenvalue weighted by Crippen LogP contribution is -2.45. The first-order valence-electron chi connectivity index (χ1n) is 8.02. The van der Waals surface area contributed by atoms with Gasteiger partial charge in [0.1, 0.15) is 0 Å². The molecule has 1 atom stereocenters. The van der Waals surface area contributed by atoms with Crippen molar-refractivity contribution in [2.75, 3.05) is 0 Å². The van der Waals surface area contributed by atoms with Gasteiger partial charge >= 0.3 is 6.03 Å². The smallest absolute Gasteiger partial charge is 0.315 e. The van der Waals surface area contributed by atoms with Gasteiger partial charge in [0.15, 0.2) is 0 Å². The highest BCUT2D eigenvalue weighted by atomic mass is 16.3. The van der Waals surface area contributed by atoms with Crippen LogP contribution in [0.2, 0.25) is 0 Å². The van der Waals surface area contributed by atoms with Gasteiger partial charge < -0.3 is 15.7 Å². The van der Waals surface area contributed by atoms with E-state index in [2.05, 4.69) is 22.8 Å². The summed E-state index contributed by atoms with van der Waals surface area (Å²) in [5, 5.41) is 15.7. The fraction of sp³-hybridized carbons (Fsp3) is 0.588. The lowest BCUT2D eigenvalue weighted by Gasteiger charge is -2.27. The maximum absolute atomic E-state index is 12.2. The fourth-order valence-corrected chi connectivity index (χ4v) is 3.15. The number of benzene rings is 1. The molecule has 0 aliphatic heterocycles. The minimum Gasteiger partial charge on any atom is -0.393 e. The number of aliphatic hydroxyl groups excluding tert-OH is 1. The van der Waals surface area contributed by atoms with Gasteiger partial charge in [-0.05, 0) is 50.0 Å². The molecular weight excluding hydrogens is 264 g/mol. The van der Waals surface area contributed by atoms with Crippen LogP contribution in [-0.4, -0.2) is 23.3 Å². The van der Waals surface area contributed by atoms with Gasteiger partial charge in [0.25, 0.3) is 0 Å².